The summed E-state index contributed by atoms with van der Waals surface area (Å²) >= 11 is 0. The number of anilines is 1. The first-order valence-electron chi connectivity index (χ1n) is 6.26. The topological polar surface area (TPSA) is 94.8 Å². The Labute approximate surface area is 120 Å². The first-order valence-corrected chi connectivity index (χ1v) is 7.74. The second kappa shape index (κ2) is 4.78. The number of fused-ring (bicyclic) bond motifs is 1. The second-order valence-electron chi connectivity index (χ2n) is 4.71. The minimum Gasteiger partial charge on any atom is -0.306 e. The zero-order valence-corrected chi connectivity index (χ0v) is 12.0. The number of benzene rings is 2. The zero-order valence-electron chi connectivity index (χ0n) is 11.2. The van der Waals surface area contributed by atoms with Gasteiger partial charge in [-0.2, -0.15) is 0 Å². The third kappa shape index (κ3) is 2.55. The van der Waals surface area contributed by atoms with Gasteiger partial charge in [0, 0.05) is 0 Å². The molecule has 0 aliphatic heterocycles. The fraction of sp³-hybridized carbons (Fsp3) is 0.0714. The van der Waals surface area contributed by atoms with Gasteiger partial charge in [0.15, 0.2) is 0 Å². The Bertz CT molecular complexity index is 956. The number of aromatic nitrogens is 2. The molecule has 21 heavy (non-hydrogen) atoms. The summed E-state index contributed by atoms with van der Waals surface area (Å²) in [5.74, 6) is 0. The van der Waals surface area contributed by atoms with E-state index in [2.05, 4.69) is 14.7 Å². The van der Waals surface area contributed by atoms with Gasteiger partial charge in [-0.3, -0.25) is 4.72 Å². The number of sulfonamides is 1. The lowest BCUT2D eigenvalue weighted by molar-refractivity contribution is 0.601. The van der Waals surface area contributed by atoms with Crippen molar-refractivity contribution in [3.8, 4) is 0 Å². The van der Waals surface area contributed by atoms with Crippen molar-refractivity contribution in [3.05, 3.63) is 58.5 Å². The summed E-state index contributed by atoms with van der Waals surface area (Å²) < 4.78 is 27.1. The molecule has 0 aliphatic carbocycles. The van der Waals surface area contributed by atoms with E-state index in [4.69, 9.17) is 0 Å². The van der Waals surface area contributed by atoms with Crippen LogP contribution in [0.25, 0.3) is 11.0 Å². The molecule has 3 N–H and O–H groups in total. The van der Waals surface area contributed by atoms with Crippen molar-refractivity contribution < 1.29 is 8.42 Å². The van der Waals surface area contributed by atoms with Crippen LogP contribution >= 0.6 is 0 Å². The lowest BCUT2D eigenvalue weighted by atomic mass is 10.2. The SMILES string of the molecule is Cc1cc2[nH]c(=O)[nH]c2cc1NS(=O)(=O)c1ccccc1. The quantitative estimate of drug-likeness (QED) is 0.690. The molecule has 1 aromatic heterocycles. The van der Waals surface area contributed by atoms with Crippen molar-refractivity contribution in [3.63, 3.8) is 0 Å². The summed E-state index contributed by atoms with van der Waals surface area (Å²) in [5.41, 5.74) is 2.02. The number of rotatable bonds is 3. The Morgan fingerprint density at radius 3 is 2.29 bits per heavy atom. The average Bonchev–Trinajstić information content (AvgIpc) is 2.79. The summed E-state index contributed by atoms with van der Waals surface area (Å²) in [6.07, 6.45) is 0. The van der Waals surface area contributed by atoms with Crippen molar-refractivity contribution >= 4 is 26.7 Å². The van der Waals surface area contributed by atoms with Crippen molar-refractivity contribution in [2.24, 2.45) is 0 Å². The summed E-state index contributed by atoms with van der Waals surface area (Å²) in [5, 5.41) is 0. The van der Waals surface area contributed by atoms with Gasteiger partial charge in [0.05, 0.1) is 21.6 Å². The van der Waals surface area contributed by atoms with Gasteiger partial charge in [-0.15, -0.1) is 0 Å². The average molecular weight is 303 g/mol. The molecule has 7 heteroatoms. The summed E-state index contributed by atoms with van der Waals surface area (Å²) in [7, 11) is -3.65. The van der Waals surface area contributed by atoms with Crippen molar-refractivity contribution in [1.82, 2.24) is 9.97 Å². The molecule has 0 amide bonds. The zero-order chi connectivity index (χ0) is 15.0. The van der Waals surface area contributed by atoms with Crippen LogP contribution in [-0.2, 0) is 10.0 Å². The molecule has 0 unspecified atom stereocenters. The van der Waals surface area contributed by atoms with Crippen LogP contribution in [0.1, 0.15) is 5.56 Å². The molecule has 0 bridgehead atoms. The molecule has 0 saturated carbocycles. The highest BCUT2D eigenvalue weighted by Gasteiger charge is 2.15. The van der Waals surface area contributed by atoms with Gasteiger partial charge in [-0.25, -0.2) is 13.2 Å². The normalized spacial score (nSPS) is 11.7. The monoisotopic (exact) mass is 303 g/mol. The van der Waals surface area contributed by atoms with E-state index < -0.39 is 10.0 Å². The minimum atomic E-state index is -3.65. The van der Waals surface area contributed by atoms with Crippen LogP contribution in [0.2, 0.25) is 0 Å². The predicted molar refractivity (Wildman–Crippen MR) is 80.9 cm³/mol. The van der Waals surface area contributed by atoms with Crippen molar-refractivity contribution in [2.75, 3.05) is 4.72 Å². The van der Waals surface area contributed by atoms with Crippen molar-refractivity contribution in [1.29, 1.82) is 0 Å². The van der Waals surface area contributed by atoms with E-state index in [9.17, 15) is 13.2 Å². The molecule has 108 valence electrons. The van der Waals surface area contributed by atoms with E-state index in [1.54, 1.807) is 37.3 Å². The first-order chi connectivity index (χ1) is 9.95. The summed E-state index contributed by atoms with van der Waals surface area (Å²) in [4.78, 5) is 16.7. The van der Waals surface area contributed by atoms with Crippen LogP contribution in [0.4, 0.5) is 5.69 Å². The molecule has 3 aromatic rings. The standard InChI is InChI=1S/C14H13N3O3S/c1-9-7-12-13(16-14(18)15-12)8-11(9)17-21(19,20)10-5-3-2-4-6-10/h2-8,17H,1H3,(H2,15,16,18). The molecule has 0 fully saturated rings. The number of hydrogen-bond donors (Lipinski definition) is 3. The van der Waals surface area contributed by atoms with Crippen LogP contribution < -0.4 is 10.4 Å². The number of imidazole rings is 1. The first kappa shape index (κ1) is 13.4. The summed E-state index contributed by atoms with van der Waals surface area (Å²) in [6.45, 7) is 1.77. The van der Waals surface area contributed by atoms with E-state index in [0.717, 1.165) is 5.56 Å². The summed E-state index contributed by atoms with van der Waals surface area (Å²) in [6, 6.07) is 11.4. The second-order valence-corrected chi connectivity index (χ2v) is 6.39. The number of hydrogen-bond acceptors (Lipinski definition) is 3. The van der Waals surface area contributed by atoms with Gasteiger partial charge in [0.2, 0.25) is 0 Å². The maximum Gasteiger partial charge on any atom is 0.323 e. The van der Waals surface area contributed by atoms with Gasteiger partial charge in [-0.05, 0) is 36.8 Å². The van der Waals surface area contributed by atoms with Crippen molar-refractivity contribution in [2.45, 2.75) is 11.8 Å². The molecule has 1 heterocycles. The molecule has 0 atom stereocenters. The fourth-order valence-electron chi connectivity index (χ4n) is 2.10. The van der Waals surface area contributed by atoms with Gasteiger partial charge in [0.1, 0.15) is 0 Å². The third-order valence-corrected chi connectivity index (χ3v) is 4.54. The van der Waals surface area contributed by atoms with Gasteiger partial charge in [0.25, 0.3) is 10.0 Å². The molecule has 2 aromatic carbocycles. The van der Waals surface area contributed by atoms with Gasteiger partial charge < -0.3 is 9.97 Å². The molecular weight excluding hydrogens is 290 g/mol. The van der Waals surface area contributed by atoms with Crippen LogP contribution in [0.5, 0.6) is 0 Å². The Morgan fingerprint density at radius 2 is 1.62 bits per heavy atom. The Kier molecular flexibility index (Phi) is 3.06. The van der Waals surface area contributed by atoms with E-state index in [0.29, 0.717) is 16.7 Å². The third-order valence-electron chi connectivity index (χ3n) is 3.16. The Balaban J connectivity index is 2.05. The number of aromatic amines is 2. The molecule has 0 aliphatic rings. The number of H-pyrrole nitrogens is 2. The maximum atomic E-state index is 12.3. The number of nitrogens with one attached hydrogen (secondary N) is 3. The minimum absolute atomic E-state index is 0.187. The van der Waals surface area contributed by atoms with E-state index in [-0.39, 0.29) is 10.6 Å². The van der Waals surface area contributed by atoms with E-state index in [1.807, 2.05) is 0 Å². The fourth-order valence-corrected chi connectivity index (χ4v) is 3.25. The van der Waals surface area contributed by atoms with Crippen LogP contribution in [-0.4, -0.2) is 18.4 Å². The highest BCUT2D eigenvalue weighted by Crippen LogP contribution is 2.23. The predicted octanol–water partition coefficient (Wildman–Crippen LogP) is 1.97. The number of aryl methyl sites for hydroxylation is 1. The van der Waals surface area contributed by atoms with E-state index in [1.165, 1.54) is 12.1 Å². The molecule has 6 nitrogen and oxygen atoms in total. The lowest BCUT2D eigenvalue weighted by Gasteiger charge is -2.10. The largest absolute Gasteiger partial charge is 0.323 e. The van der Waals surface area contributed by atoms with Crippen LogP contribution in [0, 0.1) is 6.92 Å². The molecule has 0 spiro atoms. The van der Waals surface area contributed by atoms with E-state index >= 15 is 0 Å². The Hall–Kier alpha value is -2.54. The molecular formula is C14H13N3O3S. The van der Waals surface area contributed by atoms with Crippen LogP contribution in [0.15, 0.2) is 52.2 Å². The van der Waals surface area contributed by atoms with Crippen LogP contribution in [0.3, 0.4) is 0 Å². The lowest BCUT2D eigenvalue weighted by Crippen LogP contribution is -2.13. The Morgan fingerprint density at radius 1 is 1.00 bits per heavy atom. The molecule has 0 saturated heterocycles. The highest BCUT2D eigenvalue weighted by atomic mass is 32.2. The van der Waals surface area contributed by atoms with Gasteiger partial charge in [-0.1, -0.05) is 18.2 Å². The highest BCUT2D eigenvalue weighted by molar-refractivity contribution is 7.92. The smallest absolute Gasteiger partial charge is 0.306 e. The maximum absolute atomic E-state index is 12.3. The molecule has 0 radical (unpaired) electrons. The van der Waals surface area contributed by atoms with Gasteiger partial charge >= 0.3 is 5.69 Å². The molecule has 3 rings (SSSR count).